The van der Waals surface area contributed by atoms with Gasteiger partial charge in [0, 0.05) is 44.0 Å². The maximum Gasteiger partial charge on any atom is 0.0641 e. The van der Waals surface area contributed by atoms with Crippen LogP contribution in [0.1, 0.15) is 44.0 Å². The molecule has 2 heterocycles. The van der Waals surface area contributed by atoms with E-state index in [1.54, 1.807) is 0 Å². The van der Waals surface area contributed by atoms with Crippen LogP contribution in [-0.2, 0) is 7.05 Å². The highest BCUT2D eigenvalue weighted by molar-refractivity contribution is 5.19. The van der Waals surface area contributed by atoms with E-state index in [4.69, 9.17) is 5.73 Å². The predicted molar refractivity (Wildman–Crippen MR) is 74.3 cm³/mol. The minimum absolute atomic E-state index is 0.383. The van der Waals surface area contributed by atoms with Crippen molar-refractivity contribution in [3.63, 3.8) is 0 Å². The molecular formula is C14H26N4. The molecule has 2 rings (SSSR count). The molecule has 1 saturated heterocycles. The van der Waals surface area contributed by atoms with Crippen molar-refractivity contribution in [2.24, 2.45) is 18.7 Å². The lowest BCUT2D eigenvalue weighted by Crippen LogP contribution is -2.47. The summed E-state index contributed by atoms with van der Waals surface area (Å²) in [7, 11) is 1.99. The van der Waals surface area contributed by atoms with Gasteiger partial charge in [0.05, 0.1) is 5.69 Å². The fourth-order valence-corrected chi connectivity index (χ4v) is 3.09. The molecule has 1 aliphatic heterocycles. The second-order valence-corrected chi connectivity index (χ2v) is 5.64. The number of aryl methyl sites for hydroxylation is 2. The molecule has 3 unspecified atom stereocenters. The highest BCUT2D eigenvalue weighted by Crippen LogP contribution is 2.28. The van der Waals surface area contributed by atoms with Gasteiger partial charge in [-0.15, -0.1) is 0 Å². The van der Waals surface area contributed by atoms with Gasteiger partial charge in [0.25, 0.3) is 0 Å². The second kappa shape index (κ2) is 5.41. The van der Waals surface area contributed by atoms with Gasteiger partial charge in [0.2, 0.25) is 0 Å². The Hall–Kier alpha value is -0.870. The Morgan fingerprint density at radius 2 is 2.28 bits per heavy atom. The van der Waals surface area contributed by atoms with Gasteiger partial charge in [-0.1, -0.05) is 13.3 Å². The summed E-state index contributed by atoms with van der Waals surface area (Å²) in [6.45, 7) is 8.85. The van der Waals surface area contributed by atoms with Gasteiger partial charge in [-0.3, -0.25) is 9.58 Å². The summed E-state index contributed by atoms with van der Waals surface area (Å²) >= 11 is 0. The molecule has 0 amide bonds. The molecule has 0 radical (unpaired) electrons. The molecule has 0 aliphatic carbocycles. The summed E-state index contributed by atoms with van der Waals surface area (Å²) < 4.78 is 1.91. The van der Waals surface area contributed by atoms with Crippen LogP contribution in [-0.4, -0.2) is 33.8 Å². The van der Waals surface area contributed by atoms with E-state index in [2.05, 4.69) is 37.0 Å². The zero-order chi connectivity index (χ0) is 13.3. The van der Waals surface area contributed by atoms with Crippen LogP contribution in [0.25, 0.3) is 0 Å². The van der Waals surface area contributed by atoms with Crippen LogP contribution < -0.4 is 5.73 Å². The molecule has 4 nitrogen and oxygen atoms in total. The van der Waals surface area contributed by atoms with Gasteiger partial charge in [-0.05, 0) is 26.2 Å². The quantitative estimate of drug-likeness (QED) is 0.890. The van der Waals surface area contributed by atoms with E-state index in [-0.39, 0.29) is 0 Å². The second-order valence-electron chi connectivity index (χ2n) is 5.64. The summed E-state index contributed by atoms with van der Waals surface area (Å²) in [6.07, 6.45) is 4.44. The zero-order valence-electron chi connectivity index (χ0n) is 12.1. The fraction of sp³-hybridized carbons (Fsp3) is 0.786. The Balaban J connectivity index is 2.10. The molecule has 0 bridgehead atoms. The Bertz CT molecular complexity index is 398. The molecule has 1 aliphatic rings. The summed E-state index contributed by atoms with van der Waals surface area (Å²) in [5.74, 6) is 0.637. The van der Waals surface area contributed by atoms with Gasteiger partial charge in [0.15, 0.2) is 0 Å². The van der Waals surface area contributed by atoms with Crippen LogP contribution in [0.2, 0.25) is 0 Å². The van der Waals surface area contributed by atoms with E-state index in [1.165, 1.54) is 12.0 Å². The van der Waals surface area contributed by atoms with E-state index in [0.29, 0.717) is 18.0 Å². The first kappa shape index (κ1) is 13.6. The third kappa shape index (κ3) is 2.59. The lowest BCUT2D eigenvalue weighted by molar-refractivity contribution is 0.114. The molecular weight excluding hydrogens is 224 g/mol. The number of nitrogens with zero attached hydrogens (tertiary/aromatic N) is 3. The molecule has 4 heteroatoms. The van der Waals surface area contributed by atoms with Gasteiger partial charge in [-0.25, -0.2) is 0 Å². The van der Waals surface area contributed by atoms with Gasteiger partial charge < -0.3 is 5.73 Å². The van der Waals surface area contributed by atoms with E-state index in [0.717, 1.165) is 25.2 Å². The maximum atomic E-state index is 6.18. The summed E-state index contributed by atoms with van der Waals surface area (Å²) in [6, 6.07) is 0.827. The standard InChI is InChI=1S/C14H26N4/c1-5-12-8-18(7-6-14(12)15)11(3)13-9-17(4)16-10(13)2/h9,11-12,14H,5-8,15H2,1-4H3. The predicted octanol–water partition coefficient (Wildman–Crippen LogP) is 1.85. The largest absolute Gasteiger partial charge is 0.327 e. The smallest absolute Gasteiger partial charge is 0.0641 e. The van der Waals surface area contributed by atoms with Crippen molar-refractivity contribution >= 4 is 0 Å². The lowest BCUT2D eigenvalue weighted by atomic mass is 9.89. The van der Waals surface area contributed by atoms with Gasteiger partial charge in [0.1, 0.15) is 0 Å². The third-order valence-electron chi connectivity index (χ3n) is 4.40. The van der Waals surface area contributed by atoms with Gasteiger partial charge >= 0.3 is 0 Å². The van der Waals surface area contributed by atoms with Crippen molar-refractivity contribution in [3.05, 3.63) is 17.5 Å². The minimum atomic E-state index is 0.383. The first-order valence-electron chi connectivity index (χ1n) is 7.02. The van der Waals surface area contributed by atoms with E-state index in [1.807, 2.05) is 11.7 Å². The monoisotopic (exact) mass is 250 g/mol. The Labute approximate surface area is 110 Å². The molecule has 2 N–H and O–H groups in total. The topological polar surface area (TPSA) is 47.1 Å². The van der Waals surface area contributed by atoms with Crippen molar-refractivity contribution in [3.8, 4) is 0 Å². The first-order chi connectivity index (χ1) is 8.52. The van der Waals surface area contributed by atoms with Crippen LogP contribution in [0.15, 0.2) is 6.20 Å². The maximum absolute atomic E-state index is 6.18. The Morgan fingerprint density at radius 3 is 2.83 bits per heavy atom. The van der Waals surface area contributed by atoms with Crippen molar-refractivity contribution in [2.75, 3.05) is 13.1 Å². The van der Waals surface area contributed by atoms with Crippen LogP contribution >= 0.6 is 0 Å². The SMILES string of the molecule is CCC1CN(C(C)c2cn(C)nc2C)CCC1N. The van der Waals surface area contributed by atoms with Crippen LogP contribution in [0.3, 0.4) is 0 Å². The number of piperidine rings is 1. The van der Waals surface area contributed by atoms with Crippen molar-refractivity contribution in [2.45, 2.75) is 45.7 Å². The molecule has 1 aromatic rings. The normalized spacial score (nSPS) is 27.4. The van der Waals surface area contributed by atoms with E-state index in [9.17, 15) is 0 Å². The van der Waals surface area contributed by atoms with Crippen molar-refractivity contribution in [1.29, 1.82) is 0 Å². The number of hydrogen-bond donors (Lipinski definition) is 1. The molecule has 0 saturated carbocycles. The van der Waals surface area contributed by atoms with Crippen LogP contribution in [0.5, 0.6) is 0 Å². The average molecular weight is 250 g/mol. The highest BCUT2D eigenvalue weighted by atomic mass is 15.3. The van der Waals surface area contributed by atoms with Crippen LogP contribution in [0, 0.1) is 12.8 Å². The summed E-state index contributed by atoms with van der Waals surface area (Å²) in [4.78, 5) is 2.56. The molecule has 0 spiro atoms. The van der Waals surface area contributed by atoms with Crippen molar-refractivity contribution in [1.82, 2.24) is 14.7 Å². The Morgan fingerprint density at radius 1 is 1.56 bits per heavy atom. The first-order valence-corrected chi connectivity index (χ1v) is 7.02. The molecule has 1 aromatic heterocycles. The summed E-state index contributed by atoms with van der Waals surface area (Å²) in [5.41, 5.74) is 8.68. The molecule has 0 aromatic carbocycles. The molecule has 1 fully saturated rings. The zero-order valence-corrected chi connectivity index (χ0v) is 12.1. The Kier molecular flexibility index (Phi) is 4.07. The van der Waals surface area contributed by atoms with E-state index >= 15 is 0 Å². The highest BCUT2D eigenvalue weighted by Gasteiger charge is 2.29. The summed E-state index contributed by atoms with van der Waals surface area (Å²) in [5, 5.41) is 4.45. The van der Waals surface area contributed by atoms with E-state index < -0.39 is 0 Å². The van der Waals surface area contributed by atoms with Crippen molar-refractivity contribution < 1.29 is 0 Å². The number of hydrogen-bond acceptors (Lipinski definition) is 3. The number of likely N-dealkylation sites (tertiary alicyclic amines) is 1. The molecule has 102 valence electrons. The third-order valence-corrected chi connectivity index (χ3v) is 4.40. The molecule has 3 atom stereocenters. The number of rotatable bonds is 3. The number of aromatic nitrogens is 2. The molecule has 18 heavy (non-hydrogen) atoms. The fourth-order valence-electron chi connectivity index (χ4n) is 3.09. The van der Waals surface area contributed by atoms with Gasteiger partial charge in [-0.2, -0.15) is 5.10 Å². The van der Waals surface area contributed by atoms with Crippen LogP contribution in [0.4, 0.5) is 0 Å². The minimum Gasteiger partial charge on any atom is -0.327 e. The average Bonchev–Trinajstić information content (AvgIpc) is 2.68. The lowest BCUT2D eigenvalue weighted by Gasteiger charge is -2.39. The number of nitrogens with two attached hydrogens (primary N) is 1.